The Kier molecular flexibility index (Phi) is 5.29. The molecular formula is C12H18FNO. The molecule has 0 aliphatic carbocycles. The number of hydrogen-bond donors (Lipinski definition) is 1. The van der Waals surface area contributed by atoms with Gasteiger partial charge in [0.2, 0.25) is 0 Å². The first-order valence-corrected chi connectivity index (χ1v) is 5.16. The van der Waals surface area contributed by atoms with Gasteiger partial charge in [-0.3, -0.25) is 0 Å². The molecule has 0 saturated carbocycles. The van der Waals surface area contributed by atoms with Gasteiger partial charge < -0.3 is 10.1 Å². The molecule has 1 atom stereocenters. The summed E-state index contributed by atoms with van der Waals surface area (Å²) in [5.74, 6) is 0.307. The molecule has 0 aliphatic heterocycles. The standard InChI is InChI=1S/C12H18FNO/c1-10(9-15-2)7-14-8-11-3-5-12(13)6-4-11/h3-6,10,14H,7-9H2,1-2H3. The zero-order chi connectivity index (χ0) is 11.1. The van der Waals surface area contributed by atoms with E-state index >= 15 is 0 Å². The highest BCUT2D eigenvalue weighted by molar-refractivity contribution is 5.15. The fraction of sp³-hybridized carbons (Fsp3) is 0.500. The Hall–Kier alpha value is -0.930. The van der Waals surface area contributed by atoms with E-state index in [9.17, 15) is 4.39 Å². The molecule has 2 nitrogen and oxygen atoms in total. The van der Waals surface area contributed by atoms with Crippen molar-refractivity contribution < 1.29 is 9.13 Å². The molecule has 3 heteroatoms. The Morgan fingerprint density at radius 2 is 2.00 bits per heavy atom. The predicted molar refractivity (Wildman–Crippen MR) is 59.1 cm³/mol. The quantitative estimate of drug-likeness (QED) is 0.779. The van der Waals surface area contributed by atoms with Gasteiger partial charge >= 0.3 is 0 Å². The number of hydrogen-bond acceptors (Lipinski definition) is 2. The van der Waals surface area contributed by atoms with Crippen LogP contribution in [0.1, 0.15) is 12.5 Å². The zero-order valence-corrected chi connectivity index (χ0v) is 9.29. The molecule has 0 bridgehead atoms. The predicted octanol–water partition coefficient (Wildman–Crippen LogP) is 2.20. The Morgan fingerprint density at radius 3 is 2.60 bits per heavy atom. The van der Waals surface area contributed by atoms with Gasteiger partial charge in [-0.05, 0) is 23.6 Å². The molecule has 1 N–H and O–H groups in total. The molecule has 1 rings (SSSR count). The second kappa shape index (κ2) is 6.53. The number of halogens is 1. The molecule has 0 fully saturated rings. The summed E-state index contributed by atoms with van der Waals surface area (Å²) in [4.78, 5) is 0. The van der Waals surface area contributed by atoms with Crippen molar-refractivity contribution in [3.05, 3.63) is 35.6 Å². The van der Waals surface area contributed by atoms with Gasteiger partial charge in [0.1, 0.15) is 5.82 Å². The highest BCUT2D eigenvalue weighted by Crippen LogP contribution is 2.02. The molecule has 15 heavy (non-hydrogen) atoms. The summed E-state index contributed by atoms with van der Waals surface area (Å²) in [6.07, 6.45) is 0. The normalized spacial score (nSPS) is 12.7. The van der Waals surface area contributed by atoms with Crippen LogP contribution in [0.15, 0.2) is 24.3 Å². The van der Waals surface area contributed by atoms with E-state index in [-0.39, 0.29) is 5.82 Å². The van der Waals surface area contributed by atoms with E-state index in [4.69, 9.17) is 4.74 Å². The fourth-order valence-electron chi connectivity index (χ4n) is 1.41. The maximum atomic E-state index is 12.6. The monoisotopic (exact) mass is 211 g/mol. The Balaban J connectivity index is 2.22. The van der Waals surface area contributed by atoms with Crippen molar-refractivity contribution in [2.45, 2.75) is 13.5 Å². The first kappa shape index (κ1) is 12.1. The Bertz CT molecular complexity index is 273. The summed E-state index contributed by atoms with van der Waals surface area (Å²) >= 11 is 0. The van der Waals surface area contributed by atoms with E-state index < -0.39 is 0 Å². The maximum absolute atomic E-state index is 12.6. The summed E-state index contributed by atoms with van der Waals surface area (Å²) in [7, 11) is 1.70. The van der Waals surface area contributed by atoms with Gasteiger partial charge in [0.15, 0.2) is 0 Å². The zero-order valence-electron chi connectivity index (χ0n) is 9.29. The number of benzene rings is 1. The van der Waals surface area contributed by atoms with Crippen LogP contribution in [0.25, 0.3) is 0 Å². The molecule has 0 radical (unpaired) electrons. The third-order valence-electron chi connectivity index (χ3n) is 2.19. The molecule has 1 unspecified atom stereocenters. The number of nitrogens with one attached hydrogen (secondary N) is 1. The van der Waals surface area contributed by atoms with Crippen molar-refractivity contribution in [2.75, 3.05) is 20.3 Å². The van der Waals surface area contributed by atoms with E-state index in [0.29, 0.717) is 5.92 Å². The van der Waals surface area contributed by atoms with Crippen LogP contribution < -0.4 is 5.32 Å². The molecular weight excluding hydrogens is 193 g/mol. The third kappa shape index (κ3) is 4.91. The van der Waals surface area contributed by atoms with Gasteiger partial charge in [-0.15, -0.1) is 0 Å². The highest BCUT2D eigenvalue weighted by Gasteiger charge is 2.00. The van der Waals surface area contributed by atoms with Crippen LogP contribution in [0.5, 0.6) is 0 Å². The minimum atomic E-state index is -0.188. The van der Waals surface area contributed by atoms with Gasteiger partial charge in [-0.25, -0.2) is 4.39 Å². The fourth-order valence-corrected chi connectivity index (χ4v) is 1.41. The van der Waals surface area contributed by atoms with Gasteiger partial charge in [-0.1, -0.05) is 19.1 Å². The average molecular weight is 211 g/mol. The minimum Gasteiger partial charge on any atom is -0.384 e. The van der Waals surface area contributed by atoms with Crippen LogP contribution >= 0.6 is 0 Å². The van der Waals surface area contributed by atoms with Gasteiger partial charge in [0, 0.05) is 26.8 Å². The number of rotatable bonds is 6. The lowest BCUT2D eigenvalue weighted by Crippen LogP contribution is -2.23. The summed E-state index contributed by atoms with van der Waals surface area (Å²) in [5, 5.41) is 3.30. The first-order valence-electron chi connectivity index (χ1n) is 5.16. The van der Waals surface area contributed by atoms with Crippen molar-refractivity contribution >= 4 is 0 Å². The molecule has 0 aliphatic rings. The van der Waals surface area contributed by atoms with E-state index in [1.54, 1.807) is 19.2 Å². The van der Waals surface area contributed by atoms with Crippen LogP contribution in [0.3, 0.4) is 0 Å². The van der Waals surface area contributed by atoms with Crippen molar-refractivity contribution in [3.8, 4) is 0 Å². The van der Waals surface area contributed by atoms with Crippen molar-refractivity contribution in [1.29, 1.82) is 0 Å². The SMILES string of the molecule is COCC(C)CNCc1ccc(F)cc1. The minimum absolute atomic E-state index is 0.188. The van der Waals surface area contributed by atoms with Gasteiger partial charge in [0.25, 0.3) is 0 Å². The van der Waals surface area contributed by atoms with Crippen LogP contribution in [-0.2, 0) is 11.3 Å². The second-order valence-electron chi connectivity index (χ2n) is 3.82. The van der Waals surface area contributed by atoms with Crippen molar-refractivity contribution in [2.24, 2.45) is 5.92 Å². The van der Waals surface area contributed by atoms with E-state index in [1.165, 1.54) is 12.1 Å². The Labute approximate surface area is 90.4 Å². The van der Waals surface area contributed by atoms with Crippen LogP contribution in [0.2, 0.25) is 0 Å². The lowest BCUT2D eigenvalue weighted by Gasteiger charge is -2.11. The van der Waals surface area contributed by atoms with Crippen LogP contribution in [0, 0.1) is 11.7 Å². The molecule has 0 amide bonds. The van der Waals surface area contributed by atoms with E-state index in [2.05, 4.69) is 12.2 Å². The molecule has 84 valence electrons. The maximum Gasteiger partial charge on any atom is 0.123 e. The van der Waals surface area contributed by atoms with Gasteiger partial charge in [0.05, 0.1) is 0 Å². The number of methoxy groups -OCH3 is 1. The van der Waals surface area contributed by atoms with E-state index in [0.717, 1.165) is 25.3 Å². The van der Waals surface area contributed by atoms with E-state index in [1.807, 2.05) is 0 Å². The van der Waals surface area contributed by atoms with Gasteiger partial charge in [-0.2, -0.15) is 0 Å². The van der Waals surface area contributed by atoms with Crippen LogP contribution in [0.4, 0.5) is 4.39 Å². The van der Waals surface area contributed by atoms with Crippen molar-refractivity contribution in [3.63, 3.8) is 0 Å². The average Bonchev–Trinajstić information content (AvgIpc) is 2.21. The lowest BCUT2D eigenvalue weighted by molar-refractivity contribution is 0.158. The topological polar surface area (TPSA) is 21.3 Å². The molecule has 0 spiro atoms. The summed E-state index contributed by atoms with van der Waals surface area (Å²) in [6, 6.07) is 6.55. The summed E-state index contributed by atoms with van der Waals surface area (Å²) < 4.78 is 17.6. The largest absolute Gasteiger partial charge is 0.384 e. The summed E-state index contributed by atoms with van der Waals surface area (Å²) in [6.45, 7) is 4.57. The van der Waals surface area contributed by atoms with Crippen molar-refractivity contribution in [1.82, 2.24) is 5.32 Å². The highest BCUT2D eigenvalue weighted by atomic mass is 19.1. The Morgan fingerprint density at radius 1 is 1.33 bits per heavy atom. The molecule has 1 aromatic rings. The molecule has 1 aromatic carbocycles. The second-order valence-corrected chi connectivity index (χ2v) is 3.82. The van der Waals surface area contributed by atoms with Crippen LogP contribution in [-0.4, -0.2) is 20.3 Å². The smallest absolute Gasteiger partial charge is 0.123 e. The lowest BCUT2D eigenvalue weighted by atomic mass is 10.2. The summed E-state index contributed by atoms with van der Waals surface area (Å²) in [5.41, 5.74) is 1.10. The third-order valence-corrected chi connectivity index (χ3v) is 2.19. The first-order chi connectivity index (χ1) is 7.22. The molecule has 0 aromatic heterocycles. The molecule has 0 heterocycles. The number of ether oxygens (including phenoxy) is 1. The molecule has 0 saturated heterocycles.